The minimum Gasteiger partial charge on any atom is -0.459 e. The number of carbonyl (C=O) groups is 6. The highest BCUT2D eigenvalue weighted by Gasteiger charge is 2.58. The number of alkyl halides is 2. The number of primary amides is 1. The second kappa shape index (κ2) is 15.4. The van der Waals surface area contributed by atoms with E-state index in [0.29, 0.717) is 6.42 Å². The van der Waals surface area contributed by atoms with E-state index in [4.69, 9.17) is 10.5 Å². The quantitative estimate of drug-likeness (QED) is 0.173. The zero-order valence-corrected chi connectivity index (χ0v) is 28.7. The van der Waals surface area contributed by atoms with Crippen molar-refractivity contribution in [2.24, 2.45) is 34.8 Å². The normalized spacial score (nSPS) is 22.0. The summed E-state index contributed by atoms with van der Waals surface area (Å²) in [5, 5.41) is 7.76. The Kier molecular flexibility index (Phi) is 12.3. The molecule has 5 N–H and O–H groups in total. The fourth-order valence-corrected chi connectivity index (χ4v) is 6.01. The van der Waals surface area contributed by atoms with E-state index in [1.807, 2.05) is 32.0 Å². The first-order valence-electron chi connectivity index (χ1n) is 16.3. The Morgan fingerprint density at radius 2 is 1.60 bits per heavy atom. The minimum absolute atomic E-state index is 0.0136. The third kappa shape index (κ3) is 9.72. The summed E-state index contributed by atoms with van der Waals surface area (Å²) in [6, 6.07) is 3.37. The van der Waals surface area contributed by atoms with Gasteiger partial charge >= 0.3 is 12.0 Å². The summed E-state index contributed by atoms with van der Waals surface area (Å²) in [7, 11) is 0. The largest absolute Gasteiger partial charge is 0.459 e. The topological polar surface area (TPSA) is 177 Å². The molecule has 5 amide bonds. The average Bonchev–Trinajstić information content (AvgIpc) is 3.37. The Balaban J connectivity index is 1.79. The van der Waals surface area contributed by atoms with Gasteiger partial charge in [0.05, 0.1) is 6.04 Å². The minimum atomic E-state index is -3.00. The van der Waals surface area contributed by atoms with Crippen molar-refractivity contribution in [1.82, 2.24) is 20.9 Å². The summed E-state index contributed by atoms with van der Waals surface area (Å²) < 4.78 is 32.9. The highest BCUT2D eigenvalue weighted by molar-refractivity contribution is 6.37. The standard InChI is InChI=1S/C34H49F2N5O7/c1-18(2)22-13-14-41(25(22)29(44)38-23(26(42)28(37)43)15-21-16-34(21,35)36)30(45)27(33(5,6)7)40-32(47)39-24(19(3)4)31(46)48-17-20-11-9-8-10-12-20/h8-12,18-19,21-25,27H,13-17H2,1-7H3,(H2,37,43)(H,38,44)(H2,39,40,47)/t21?,22?,23?,24-,25-,27+/m0/s1. The number of nitrogens with one attached hydrogen (secondary N) is 3. The average molecular weight is 678 g/mol. The van der Waals surface area contributed by atoms with E-state index in [0.717, 1.165) is 5.56 Å². The number of nitrogens with two attached hydrogens (primary N) is 1. The third-order valence-corrected chi connectivity index (χ3v) is 9.02. The molecule has 3 rings (SSSR count). The molecule has 2 fully saturated rings. The predicted molar refractivity (Wildman–Crippen MR) is 172 cm³/mol. The van der Waals surface area contributed by atoms with E-state index in [2.05, 4.69) is 16.0 Å². The molecule has 0 aromatic heterocycles. The molecule has 0 spiro atoms. The lowest BCUT2D eigenvalue weighted by Crippen LogP contribution is -2.62. The second-order valence-electron chi connectivity index (χ2n) is 14.6. The van der Waals surface area contributed by atoms with E-state index in [1.54, 1.807) is 46.8 Å². The number of hydrogen-bond donors (Lipinski definition) is 4. The summed E-state index contributed by atoms with van der Waals surface area (Å²) in [4.78, 5) is 79.8. The van der Waals surface area contributed by atoms with Crippen LogP contribution >= 0.6 is 0 Å². The lowest BCUT2D eigenvalue weighted by Gasteiger charge is -2.37. The van der Waals surface area contributed by atoms with E-state index in [-0.39, 0.29) is 30.9 Å². The van der Waals surface area contributed by atoms with Gasteiger partial charge < -0.3 is 31.3 Å². The Bertz CT molecular complexity index is 1370. The molecule has 12 nitrogen and oxygen atoms in total. The van der Waals surface area contributed by atoms with Crippen molar-refractivity contribution in [2.45, 2.75) is 104 Å². The fourth-order valence-electron chi connectivity index (χ4n) is 6.01. The molecule has 14 heteroatoms. The molecular formula is C34H49F2N5O7. The van der Waals surface area contributed by atoms with Crippen LogP contribution < -0.4 is 21.7 Å². The van der Waals surface area contributed by atoms with Crippen LogP contribution in [0, 0.1) is 29.1 Å². The van der Waals surface area contributed by atoms with Crippen LogP contribution in [0.15, 0.2) is 30.3 Å². The van der Waals surface area contributed by atoms with Crippen LogP contribution in [0.3, 0.4) is 0 Å². The molecule has 1 aromatic rings. The van der Waals surface area contributed by atoms with Gasteiger partial charge in [0.1, 0.15) is 24.7 Å². The number of benzene rings is 1. The van der Waals surface area contributed by atoms with Gasteiger partial charge in [-0.2, -0.15) is 0 Å². The van der Waals surface area contributed by atoms with Crippen LogP contribution in [0.1, 0.15) is 73.3 Å². The number of nitrogens with zero attached hydrogens (tertiary/aromatic N) is 1. The summed E-state index contributed by atoms with van der Waals surface area (Å²) in [6.07, 6.45) is -0.523. The molecule has 1 saturated heterocycles. The molecule has 1 aromatic carbocycles. The van der Waals surface area contributed by atoms with Gasteiger partial charge in [-0.05, 0) is 41.6 Å². The molecule has 2 aliphatic rings. The summed E-state index contributed by atoms with van der Waals surface area (Å²) in [5.74, 6) is -9.60. The van der Waals surface area contributed by atoms with Crippen molar-refractivity contribution in [3.63, 3.8) is 0 Å². The van der Waals surface area contributed by atoms with Crippen LogP contribution in [-0.2, 0) is 35.3 Å². The van der Waals surface area contributed by atoms with E-state index >= 15 is 0 Å². The maximum absolute atomic E-state index is 14.2. The van der Waals surface area contributed by atoms with Gasteiger partial charge in [-0.1, -0.05) is 78.8 Å². The lowest BCUT2D eigenvalue weighted by molar-refractivity contribution is -0.148. The van der Waals surface area contributed by atoms with Crippen molar-refractivity contribution in [3.05, 3.63) is 35.9 Å². The number of Topliss-reactive ketones (excluding diaryl/α,β-unsaturated/α-hetero) is 1. The predicted octanol–water partition coefficient (Wildman–Crippen LogP) is 2.93. The number of carbonyl (C=O) groups excluding carboxylic acids is 6. The molecule has 1 aliphatic carbocycles. The molecule has 1 heterocycles. The first kappa shape index (κ1) is 38.3. The van der Waals surface area contributed by atoms with E-state index < -0.39 is 89.8 Å². The molecule has 266 valence electrons. The maximum Gasteiger partial charge on any atom is 0.329 e. The second-order valence-corrected chi connectivity index (χ2v) is 14.6. The van der Waals surface area contributed by atoms with Gasteiger partial charge in [-0.25, -0.2) is 18.4 Å². The third-order valence-electron chi connectivity index (χ3n) is 9.02. The first-order valence-corrected chi connectivity index (χ1v) is 16.3. The lowest BCUT2D eigenvalue weighted by atomic mass is 9.84. The van der Waals surface area contributed by atoms with Crippen LogP contribution in [0.2, 0.25) is 0 Å². The maximum atomic E-state index is 14.2. The van der Waals surface area contributed by atoms with Crippen molar-refractivity contribution >= 4 is 35.5 Å². The zero-order valence-electron chi connectivity index (χ0n) is 28.7. The van der Waals surface area contributed by atoms with Crippen LogP contribution in [-0.4, -0.2) is 77.0 Å². The number of esters is 1. The molecule has 0 radical (unpaired) electrons. The number of ether oxygens (including phenoxy) is 1. The Labute approximate surface area is 280 Å². The van der Waals surface area contributed by atoms with Gasteiger partial charge in [-0.3, -0.25) is 19.2 Å². The van der Waals surface area contributed by atoms with Gasteiger partial charge in [0.2, 0.25) is 17.6 Å². The number of hydrogen-bond acceptors (Lipinski definition) is 7. The Morgan fingerprint density at radius 1 is 1.00 bits per heavy atom. The highest BCUT2D eigenvalue weighted by Crippen LogP contribution is 2.51. The highest BCUT2D eigenvalue weighted by atomic mass is 19.3. The Morgan fingerprint density at radius 3 is 2.10 bits per heavy atom. The number of rotatable bonds is 14. The summed E-state index contributed by atoms with van der Waals surface area (Å²) >= 11 is 0. The summed E-state index contributed by atoms with van der Waals surface area (Å²) in [6.45, 7) is 12.6. The van der Waals surface area contributed by atoms with Crippen molar-refractivity contribution in [2.75, 3.05) is 6.54 Å². The molecule has 6 atom stereocenters. The van der Waals surface area contributed by atoms with Crippen LogP contribution in [0.4, 0.5) is 13.6 Å². The Hall–Kier alpha value is -4.10. The molecular weight excluding hydrogens is 628 g/mol. The monoisotopic (exact) mass is 677 g/mol. The number of likely N-dealkylation sites (tertiary alicyclic amines) is 1. The molecule has 0 bridgehead atoms. The van der Waals surface area contributed by atoms with Gasteiger partial charge in [0.25, 0.3) is 11.8 Å². The van der Waals surface area contributed by atoms with Crippen LogP contribution in [0.25, 0.3) is 0 Å². The van der Waals surface area contributed by atoms with Gasteiger partial charge in [-0.15, -0.1) is 0 Å². The number of halogens is 2. The molecule has 1 aliphatic heterocycles. The molecule has 1 saturated carbocycles. The summed E-state index contributed by atoms with van der Waals surface area (Å²) in [5.41, 5.74) is 5.07. The molecule has 3 unspecified atom stereocenters. The van der Waals surface area contributed by atoms with Crippen molar-refractivity contribution in [1.29, 1.82) is 0 Å². The van der Waals surface area contributed by atoms with Crippen molar-refractivity contribution < 1.29 is 42.3 Å². The zero-order chi connectivity index (χ0) is 36.1. The number of amides is 5. The van der Waals surface area contributed by atoms with Crippen LogP contribution in [0.5, 0.6) is 0 Å². The smallest absolute Gasteiger partial charge is 0.329 e. The van der Waals surface area contributed by atoms with E-state index in [9.17, 15) is 37.5 Å². The SMILES string of the molecule is CC(C)C1CCN(C(=O)[C@@H](NC(=O)N[C@H](C(=O)OCc2ccccc2)C(C)C)C(C)(C)C)[C@@H]1C(=O)NC(CC1CC1(F)F)C(=O)C(N)=O. The van der Waals surface area contributed by atoms with Crippen molar-refractivity contribution in [3.8, 4) is 0 Å². The fraction of sp³-hybridized carbons (Fsp3) is 0.647. The molecule has 48 heavy (non-hydrogen) atoms. The first-order chi connectivity index (χ1) is 22.2. The van der Waals surface area contributed by atoms with Gasteiger partial charge in [0.15, 0.2) is 0 Å². The number of urea groups is 1. The van der Waals surface area contributed by atoms with Gasteiger partial charge in [0, 0.05) is 18.9 Å². The van der Waals surface area contributed by atoms with E-state index in [1.165, 1.54) is 4.90 Å². The number of ketones is 1.